The number of fused-ring (bicyclic) bond motifs is 1. The van der Waals surface area contributed by atoms with Gasteiger partial charge in [0, 0.05) is 31.4 Å². The van der Waals surface area contributed by atoms with Crippen LogP contribution in [0.2, 0.25) is 0 Å². The van der Waals surface area contributed by atoms with Gasteiger partial charge in [0.1, 0.15) is 11.1 Å². The molecule has 0 bridgehead atoms. The predicted molar refractivity (Wildman–Crippen MR) is 135 cm³/mol. The maximum absolute atomic E-state index is 15.0. The molecule has 0 amide bonds. The summed E-state index contributed by atoms with van der Waals surface area (Å²) in [5, 5.41) is 4.27. The number of benzene rings is 2. The lowest BCUT2D eigenvalue weighted by molar-refractivity contribution is 0.0991. The maximum Gasteiger partial charge on any atom is 0.282 e. The summed E-state index contributed by atoms with van der Waals surface area (Å²) in [6.07, 6.45) is 4.11. The maximum atomic E-state index is 15.0. The first-order valence-electron chi connectivity index (χ1n) is 11.7. The number of ether oxygens (including phenoxy) is 1. The van der Waals surface area contributed by atoms with Gasteiger partial charge in [0.25, 0.3) is 5.56 Å². The van der Waals surface area contributed by atoms with Crippen LogP contribution in [-0.4, -0.2) is 24.8 Å². The number of halogens is 1. The Morgan fingerprint density at radius 3 is 2.56 bits per heavy atom. The van der Waals surface area contributed by atoms with Crippen molar-refractivity contribution in [2.24, 2.45) is 7.05 Å². The number of carbonyl (C=O) groups is 1. The molecule has 7 nitrogen and oxygen atoms in total. The number of aryl methyl sites for hydroxylation is 1. The van der Waals surface area contributed by atoms with E-state index in [2.05, 4.69) is 5.10 Å². The number of para-hydroxylation sites is 1. The molecule has 0 aliphatic carbocycles. The molecule has 0 saturated carbocycles. The van der Waals surface area contributed by atoms with E-state index in [9.17, 15) is 9.59 Å². The summed E-state index contributed by atoms with van der Waals surface area (Å²) in [5.41, 5.74) is 3.20. The van der Waals surface area contributed by atoms with Crippen molar-refractivity contribution in [2.75, 3.05) is 0 Å². The Kier molecular flexibility index (Phi) is 6.01. The Labute approximate surface area is 207 Å². The molecular formula is C28H25FN4O3. The van der Waals surface area contributed by atoms with Gasteiger partial charge in [0.15, 0.2) is 23.1 Å². The van der Waals surface area contributed by atoms with E-state index in [1.165, 1.54) is 16.8 Å². The number of rotatable bonds is 7. The number of carbonyl (C=O) groups excluding carboxylic acids is 1. The highest BCUT2D eigenvalue weighted by atomic mass is 19.1. The zero-order valence-corrected chi connectivity index (χ0v) is 20.2. The van der Waals surface area contributed by atoms with Gasteiger partial charge in [-0.2, -0.15) is 5.10 Å². The summed E-state index contributed by atoms with van der Waals surface area (Å²) >= 11 is 0. The Morgan fingerprint density at radius 1 is 1.06 bits per heavy atom. The van der Waals surface area contributed by atoms with E-state index in [0.717, 1.165) is 17.5 Å². The summed E-state index contributed by atoms with van der Waals surface area (Å²) in [4.78, 5) is 26.3. The van der Waals surface area contributed by atoms with Gasteiger partial charge in [0.2, 0.25) is 0 Å². The monoisotopic (exact) mass is 484 g/mol. The second-order valence-corrected chi connectivity index (χ2v) is 8.59. The molecule has 2 aromatic carbocycles. The van der Waals surface area contributed by atoms with Gasteiger partial charge in [0.05, 0.1) is 11.9 Å². The van der Waals surface area contributed by atoms with Gasteiger partial charge in [-0.1, -0.05) is 31.2 Å². The first-order valence-corrected chi connectivity index (χ1v) is 11.7. The molecule has 0 fully saturated rings. The minimum atomic E-state index is -0.591. The van der Waals surface area contributed by atoms with E-state index < -0.39 is 11.4 Å². The van der Waals surface area contributed by atoms with Crippen LogP contribution in [0.15, 0.2) is 77.9 Å². The van der Waals surface area contributed by atoms with Crippen molar-refractivity contribution >= 4 is 11.3 Å². The molecule has 0 spiro atoms. The lowest BCUT2D eigenvalue weighted by Gasteiger charge is -2.10. The molecule has 5 rings (SSSR count). The van der Waals surface area contributed by atoms with Crippen molar-refractivity contribution in [2.45, 2.75) is 26.7 Å². The summed E-state index contributed by atoms with van der Waals surface area (Å²) in [6.45, 7) is 3.76. The molecular weight excluding hydrogens is 459 g/mol. The molecule has 5 aromatic rings. The molecule has 3 heterocycles. The fourth-order valence-corrected chi connectivity index (χ4v) is 4.47. The second kappa shape index (κ2) is 9.30. The molecule has 3 aromatic heterocycles. The average Bonchev–Trinajstić information content (AvgIpc) is 3.39. The molecule has 182 valence electrons. The van der Waals surface area contributed by atoms with Gasteiger partial charge >= 0.3 is 0 Å². The molecule has 0 aliphatic rings. The van der Waals surface area contributed by atoms with Crippen molar-refractivity contribution < 1.29 is 13.9 Å². The molecule has 36 heavy (non-hydrogen) atoms. The number of hydrogen-bond donors (Lipinski definition) is 0. The minimum absolute atomic E-state index is 0.0462. The number of nitrogens with zero attached hydrogens (tertiary/aromatic N) is 4. The smallest absolute Gasteiger partial charge is 0.282 e. The molecule has 0 radical (unpaired) electrons. The summed E-state index contributed by atoms with van der Waals surface area (Å²) < 4.78 is 25.7. The molecule has 8 heteroatoms. The van der Waals surface area contributed by atoms with E-state index in [1.54, 1.807) is 53.6 Å². The Bertz CT molecular complexity index is 1650. The van der Waals surface area contributed by atoms with Gasteiger partial charge in [-0.25, -0.2) is 13.6 Å². The first-order chi connectivity index (χ1) is 17.4. The van der Waals surface area contributed by atoms with E-state index in [1.807, 2.05) is 37.4 Å². The SMILES string of the molecule is CCc1ccn2nccc(Oc3ccc(CC(=O)c4c(C)n(C)n(-c5ccccc5)c4=O)cc3F)c12. The Morgan fingerprint density at radius 2 is 1.83 bits per heavy atom. The Balaban J connectivity index is 1.41. The molecule has 0 saturated heterocycles. The normalized spacial score (nSPS) is 11.2. The fourth-order valence-electron chi connectivity index (χ4n) is 4.47. The van der Waals surface area contributed by atoms with Crippen LogP contribution in [0, 0.1) is 12.7 Å². The van der Waals surface area contributed by atoms with Gasteiger partial charge in [-0.3, -0.25) is 14.3 Å². The van der Waals surface area contributed by atoms with E-state index in [4.69, 9.17) is 4.74 Å². The van der Waals surface area contributed by atoms with Crippen LogP contribution in [0.25, 0.3) is 11.2 Å². The van der Waals surface area contributed by atoms with E-state index in [-0.39, 0.29) is 23.5 Å². The molecule has 0 N–H and O–H groups in total. The van der Waals surface area contributed by atoms with Crippen molar-refractivity contribution in [3.8, 4) is 17.2 Å². The van der Waals surface area contributed by atoms with Gasteiger partial charge in [-0.05, 0) is 54.8 Å². The third-order valence-electron chi connectivity index (χ3n) is 6.40. The van der Waals surface area contributed by atoms with Crippen molar-refractivity contribution in [3.63, 3.8) is 0 Å². The zero-order chi connectivity index (χ0) is 25.4. The van der Waals surface area contributed by atoms with Crippen LogP contribution in [0.1, 0.15) is 34.1 Å². The standard InChI is InChI=1S/C28H25FN4O3/c1-4-20-13-15-32-27(20)25(12-14-30-32)36-24-11-10-19(16-22(24)29)17-23(34)26-18(2)31(3)33(28(26)35)21-8-6-5-7-9-21/h5-16H,4,17H2,1-3H3. The fraction of sp³-hybridized carbons (Fsp3) is 0.179. The number of ketones is 1. The topological polar surface area (TPSA) is 70.5 Å². The summed E-state index contributed by atoms with van der Waals surface area (Å²) in [6, 6.07) is 17.2. The Hall–Kier alpha value is -4.46. The summed E-state index contributed by atoms with van der Waals surface area (Å²) in [5.74, 6) is -0.417. The van der Waals surface area contributed by atoms with Crippen LogP contribution in [-0.2, 0) is 19.9 Å². The van der Waals surface area contributed by atoms with E-state index >= 15 is 4.39 Å². The van der Waals surface area contributed by atoms with Crippen LogP contribution >= 0.6 is 0 Å². The minimum Gasteiger partial charge on any atom is -0.452 e. The summed E-state index contributed by atoms with van der Waals surface area (Å²) in [7, 11) is 1.73. The van der Waals surface area contributed by atoms with Crippen LogP contribution in [0.5, 0.6) is 11.5 Å². The zero-order valence-electron chi connectivity index (χ0n) is 20.2. The largest absolute Gasteiger partial charge is 0.452 e. The van der Waals surface area contributed by atoms with Crippen molar-refractivity contribution in [3.05, 3.63) is 112 Å². The molecule has 0 aliphatic heterocycles. The van der Waals surface area contributed by atoms with Gasteiger partial charge in [-0.15, -0.1) is 0 Å². The van der Waals surface area contributed by atoms with Crippen LogP contribution < -0.4 is 10.3 Å². The second-order valence-electron chi connectivity index (χ2n) is 8.59. The first kappa shape index (κ1) is 23.3. The quantitative estimate of drug-likeness (QED) is 0.303. The highest BCUT2D eigenvalue weighted by Crippen LogP contribution is 2.31. The number of Topliss-reactive ketones (excluding diaryl/α,β-unsaturated/α-hetero) is 1. The third-order valence-corrected chi connectivity index (χ3v) is 6.40. The predicted octanol–water partition coefficient (Wildman–Crippen LogP) is 5.05. The third kappa shape index (κ3) is 4.00. The van der Waals surface area contributed by atoms with Gasteiger partial charge < -0.3 is 4.74 Å². The van der Waals surface area contributed by atoms with Crippen LogP contribution in [0.4, 0.5) is 4.39 Å². The lowest BCUT2D eigenvalue weighted by atomic mass is 10.0. The van der Waals surface area contributed by atoms with Crippen LogP contribution in [0.3, 0.4) is 0 Å². The van der Waals surface area contributed by atoms with E-state index in [0.29, 0.717) is 22.7 Å². The molecule has 0 unspecified atom stereocenters. The van der Waals surface area contributed by atoms with Crippen molar-refractivity contribution in [1.82, 2.24) is 19.0 Å². The highest BCUT2D eigenvalue weighted by Gasteiger charge is 2.23. The molecule has 0 atom stereocenters. The highest BCUT2D eigenvalue weighted by molar-refractivity contribution is 5.98. The average molecular weight is 485 g/mol. The number of aromatic nitrogens is 4. The number of hydrogen-bond acceptors (Lipinski definition) is 4. The lowest BCUT2D eigenvalue weighted by Crippen LogP contribution is -2.23. The van der Waals surface area contributed by atoms with Crippen molar-refractivity contribution in [1.29, 1.82) is 0 Å².